The zero-order valence-corrected chi connectivity index (χ0v) is 17.8. The molecule has 0 atom stereocenters. The number of ether oxygens (including phenoxy) is 2. The van der Waals surface area contributed by atoms with Crippen molar-refractivity contribution in [2.75, 3.05) is 6.61 Å². The normalized spacial score (nSPS) is 14.7. The van der Waals surface area contributed by atoms with Crippen molar-refractivity contribution in [3.63, 3.8) is 0 Å². The highest BCUT2D eigenvalue weighted by Gasteiger charge is 2.33. The first-order valence-corrected chi connectivity index (χ1v) is 10.2. The summed E-state index contributed by atoms with van der Waals surface area (Å²) >= 11 is 6.32. The van der Waals surface area contributed by atoms with Gasteiger partial charge in [-0.05, 0) is 55.0 Å². The minimum atomic E-state index is -0.460. The highest BCUT2D eigenvalue weighted by atomic mass is 32.2. The lowest BCUT2D eigenvalue weighted by atomic mass is 10.2. The van der Waals surface area contributed by atoms with E-state index in [1.54, 1.807) is 54.6 Å². The number of hydrogen-bond donors (Lipinski definition) is 1. The van der Waals surface area contributed by atoms with Gasteiger partial charge in [0.1, 0.15) is 0 Å². The van der Waals surface area contributed by atoms with Crippen LogP contribution in [-0.4, -0.2) is 33.7 Å². The van der Waals surface area contributed by atoms with Crippen molar-refractivity contribution in [2.24, 2.45) is 0 Å². The van der Waals surface area contributed by atoms with Gasteiger partial charge in [-0.3, -0.25) is 19.8 Å². The van der Waals surface area contributed by atoms with Crippen LogP contribution in [0.2, 0.25) is 0 Å². The van der Waals surface area contributed by atoms with E-state index in [1.807, 2.05) is 6.92 Å². The molecular weight excluding hydrogens is 424 g/mol. The number of hydrogen-bond acceptors (Lipinski definition) is 7. The number of esters is 1. The molecule has 9 heteroatoms. The first-order valence-electron chi connectivity index (χ1n) is 8.98. The molecule has 1 aliphatic heterocycles. The number of rotatable bonds is 6. The second kappa shape index (κ2) is 9.55. The fourth-order valence-electron chi connectivity index (χ4n) is 2.59. The Labute approximate surface area is 183 Å². The average Bonchev–Trinajstić information content (AvgIpc) is 2.98. The highest BCUT2D eigenvalue weighted by Crippen LogP contribution is 2.34. The summed E-state index contributed by atoms with van der Waals surface area (Å²) < 4.78 is 10.9. The summed E-state index contributed by atoms with van der Waals surface area (Å²) in [5.74, 6) is -0.647. The number of thioether (sulfide) groups is 1. The zero-order chi connectivity index (χ0) is 21.7. The summed E-state index contributed by atoms with van der Waals surface area (Å²) in [4.78, 5) is 36.7. The molecule has 154 valence electrons. The standard InChI is InChI=1S/C21H18N2O5S2/c1-3-27-17-11-14(9-10-16(17)28-13(2)24)12-18-20(26)23(21(29)30-18)22-19(25)15-7-5-4-6-8-15/h4-12H,3H2,1-2H3,(H,22,25). The topological polar surface area (TPSA) is 84.9 Å². The lowest BCUT2D eigenvalue weighted by molar-refractivity contribution is -0.132. The van der Waals surface area contributed by atoms with E-state index in [0.29, 0.717) is 34.1 Å². The maximum atomic E-state index is 12.7. The Bertz CT molecular complexity index is 1040. The Morgan fingerprint density at radius 1 is 1.17 bits per heavy atom. The third-order valence-electron chi connectivity index (χ3n) is 3.86. The molecule has 3 rings (SSSR count). The molecule has 2 aromatic carbocycles. The Morgan fingerprint density at radius 3 is 2.57 bits per heavy atom. The number of carbonyl (C=O) groups excluding carboxylic acids is 3. The molecule has 1 heterocycles. The van der Waals surface area contributed by atoms with Crippen LogP contribution in [0.3, 0.4) is 0 Å². The lowest BCUT2D eigenvalue weighted by Crippen LogP contribution is -2.44. The van der Waals surface area contributed by atoms with Crippen LogP contribution in [0.15, 0.2) is 53.4 Å². The number of hydrazine groups is 1. The molecular formula is C21H18N2O5S2. The van der Waals surface area contributed by atoms with Crippen LogP contribution in [0, 0.1) is 0 Å². The molecule has 7 nitrogen and oxygen atoms in total. The van der Waals surface area contributed by atoms with Gasteiger partial charge in [-0.2, -0.15) is 5.01 Å². The Balaban J connectivity index is 1.80. The molecule has 0 aromatic heterocycles. The molecule has 1 saturated heterocycles. The number of benzene rings is 2. The quantitative estimate of drug-likeness (QED) is 0.317. The number of carbonyl (C=O) groups is 3. The van der Waals surface area contributed by atoms with Gasteiger partial charge < -0.3 is 9.47 Å². The molecule has 1 fully saturated rings. The molecule has 2 amide bonds. The molecule has 2 aromatic rings. The van der Waals surface area contributed by atoms with E-state index in [-0.39, 0.29) is 4.32 Å². The largest absolute Gasteiger partial charge is 0.490 e. The summed E-state index contributed by atoms with van der Waals surface area (Å²) in [6.07, 6.45) is 1.63. The van der Waals surface area contributed by atoms with Crippen LogP contribution in [0.5, 0.6) is 11.5 Å². The van der Waals surface area contributed by atoms with E-state index in [1.165, 1.54) is 6.92 Å². The molecule has 0 aliphatic carbocycles. The molecule has 0 unspecified atom stereocenters. The summed E-state index contributed by atoms with van der Waals surface area (Å²) in [5.41, 5.74) is 3.60. The van der Waals surface area contributed by atoms with Gasteiger partial charge in [0.15, 0.2) is 15.8 Å². The first-order chi connectivity index (χ1) is 14.4. The van der Waals surface area contributed by atoms with Gasteiger partial charge in [-0.1, -0.05) is 36.0 Å². The van der Waals surface area contributed by atoms with Gasteiger partial charge in [0.25, 0.3) is 11.8 Å². The molecule has 0 radical (unpaired) electrons. The maximum absolute atomic E-state index is 12.7. The van der Waals surface area contributed by atoms with E-state index in [4.69, 9.17) is 21.7 Å². The average molecular weight is 443 g/mol. The van der Waals surface area contributed by atoms with E-state index < -0.39 is 17.8 Å². The van der Waals surface area contributed by atoms with E-state index >= 15 is 0 Å². The van der Waals surface area contributed by atoms with Crippen molar-refractivity contribution in [1.29, 1.82) is 0 Å². The fourth-order valence-corrected chi connectivity index (χ4v) is 3.77. The van der Waals surface area contributed by atoms with E-state index in [9.17, 15) is 14.4 Å². The predicted molar refractivity (Wildman–Crippen MR) is 118 cm³/mol. The third-order valence-corrected chi connectivity index (χ3v) is 5.16. The first kappa shape index (κ1) is 21.5. The molecule has 1 N–H and O–H groups in total. The smallest absolute Gasteiger partial charge is 0.308 e. The number of nitrogens with zero attached hydrogens (tertiary/aromatic N) is 1. The number of nitrogens with one attached hydrogen (secondary N) is 1. The van der Waals surface area contributed by atoms with E-state index in [0.717, 1.165) is 16.8 Å². The van der Waals surface area contributed by atoms with Crippen molar-refractivity contribution in [1.82, 2.24) is 10.4 Å². The van der Waals surface area contributed by atoms with Crippen LogP contribution in [0.4, 0.5) is 0 Å². The summed E-state index contributed by atoms with van der Waals surface area (Å²) in [6, 6.07) is 13.5. The van der Waals surface area contributed by atoms with Crippen molar-refractivity contribution in [2.45, 2.75) is 13.8 Å². The molecule has 0 spiro atoms. The molecule has 30 heavy (non-hydrogen) atoms. The van der Waals surface area contributed by atoms with Crippen LogP contribution in [0.1, 0.15) is 29.8 Å². The fraction of sp³-hybridized carbons (Fsp3) is 0.143. The molecule has 0 bridgehead atoms. The van der Waals surface area contributed by atoms with E-state index in [2.05, 4.69) is 5.43 Å². The number of thiocarbonyl (C=S) groups is 1. The van der Waals surface area contributed by atoms with Crippen LogP contribution in [0.25, 0.3) is 6.08 Å². The lowest BCUT2D eigenvalue weighted by Gasteiger charge is -2.15. The van der Waals surface area contributed by atoms with Gasteiger partial charge in [0.05, 0.1) is 11.5 Å². The van der Waals surface area contributed by atoms with Gasteiger partial charge in [-0.25, -0.2) is 0 Å². The van der Waals surface area contributed by atoms with Crippen molar-refractivity contribution < 1.29 is 23.9 Å². The minimum absolute atomic E-state index is 0.220. The SMILES string of the molecule is CCOc1cc(C=C2SC(=S)N(NC(=O)c3ccccc3)C2=O)ccc1OC(C)=O. The second-order valence-electron chi connectivity index (χ2n) is 6.06. The maximum Gasteiger partial charge on any atom is 0.308 e. The zero-order valence-electron chi connectivity index (χ0n) is 16.2. The van der Waals surface area contributed by atoms with Gasteiger partial charge in [0, 0.05) is 12.5 Å². The van der Waals surface area contributed by atoms with Gasteiger partial charge in [0.2, 0.25) is 0 Å². The monoisotopic (exact) mass is 442 g/mol. The third kappa shape index (κ3) is 5.05. The van der Waals surface area contributed by atoms with Crippen LogP contribution < -0.4 is 14.9 Å². The minimum Gasteiger partial charge on any atom is -0.490 e. The summed E-state index contributed by atoms with van der Waals surface area (Å²) in [5, 5.41) is 1.05. The number of amides is 2. The predicted octanol–water partition coefficient (Wildman–Crippen LogP) is 3.56. The van der Waals surface area contributed by atoms with Crippen molar-refractivity contribution in [3.8, 4) is 11.5 Å². The van der Waals surface area contributed by atoms with Crippen molar-refractivity contribution >= 4 is 52.2 Å². The summed E-state index contributed by atoms with van der Waals surface area (Å²) in [6.45, 7) is 3.49. The second-order valence-corrected chi connectivity index (χ2v) is 7.73. The Morgan fingerprint density at radius 2 is 1.90 bits per heavy atom. The van der Waals surface area contributed by atoms with Crippen LogP contribution in [-0.2, 0) is 9.59 Å². The molecule has 1 aliphatic rings. The van der Waals surface area contributed by atoms with Crippen LogP contribution >= 0.6 is 24.0 Å². The Hall–Kier alpha value is -3.17. The van der Waals surface area contributed by atoms with Crippen molar-refractivity contribution in [3.05, 3.63) is 64.6 Å². The Kier molecular flexibility index (Phi) is 6.86. The summed E-state index contributed by atoms with van der Waals surface area (Å²) in [7, 11) is 0. The van der Waals surface area contributed by atoms with Gasteiger partial charge in [-0.15, -0.1) is 0 Å². The molecule has 0 saturated carbocycles. The highest BCUT2D eigenvalue weighted by molar-refractivity contribution is 8.26. The van der Waals surface area contributed by atoms with Gasteiger partial charge >= 0.3 is 5.97 Å².